The molecule has 0 radical (unpaired) electrons. The van der Waals surface area contributed by atoms with Gasteiger partial charge in [-0.1, -0.05) is 38.1 Å². The van der Waals surface area contributed by atoms with Gasteiger partial charge in [0.05, 0.1) is 13.2 Å². The van der Waals surface area contributed by atoms with E-state index in [9.17, 15) is 0 Å². The lowest BCUT2D eigenvalue weighted by Gasteiger charge is -2.29. The van der Waals surface area contributed by atoms with Crippen molar-refractivity contribution in [3.63, 3.8) is 0 Å². The number of aromatic nitrogens is 3. The molecule has 7 nitrogen and oxygen atoms in total. The van der Waals surface area contributed by atoms with Crippen LogP contribution in [0.2, 0.25) is 0 Å². The summed E-state index contributed by atoms with van der Waals surface area (Å²) in [6, 6.07) is 8.70. The van der Waals surface area contributed by atoms with Crippen molar-refractivity contribution in [2.24, 2.45) is 0 Å². The van der Waals surface area contributed by atoms with Crippen LogP contribution in [0.4, 0.5) is 11.9 Å². The Hall–Kier alpha value is -2.25. The Morgan fingerprint density at radius 3 is 2.45 bits per heavy atom. The van der Waals surface area contributed by atoms with Gasteiger partial charge in [-0.15, -0.1) is 0 Å². The van der Waals surface area contributed by atoms with Crippen LogP contribution in [0.3, 0.4) is 0 Å². The van der Waals surface area contributed by atoms with Crippen molar-refractivity contribution >= 4 is 11.9 Å². The molecule has 1 aromatic carbocycles. The normalized spacial score (nSPS) is 15.1. The highest BCUT2D eigenvalue weighted by Gasteiger charge is 2.28. The van der Waals surface area contributed by atoms with Crippen LogP contribution in [0.5, 0.6) is 0 Å². The zero-order valence-corrected chi connectivity index (χ0v) is 18.2. The Morgan fingerprint density at radius 1 is 1.07 bits per heavy atom. The van der Waals surface area contributed by atoms with Crippen LogP contribution in [-0.2, 0) is 23.0 Å². The number of nitrogens with two attached hydrogens (primary N) is 1. The fourth-order valence-corrected chi connectivity index (χ4v) is 3.70. The number of rotatable bonds is 8. The third-order valence-electron chi connectivity index (χ3n) is 5.34. The average molecular weight is 399 g/mol. The van der Waals surface area contributed by atoms with Crippen LogP contribution in [0, 0.1) is 0 Å². The zero-order chi connectivity index (χ0) is 20.9. The molecule has 1 aliphatic heterocycles. The summed E-state index contributed by atoms with van der Waals surface area (Å²) in [6.07, 6.45) is 3.07. The molecule has 0 atom stereocenters. The van der Waals surface area contributed by atoms with Crippen molar-refractivity contribution in [1.29, 1.82) is 0 Å². The fourth-order valence-electron chi connectivity index (χ4n) is 3.70. The predicted molar refractivity (Wildman–Crippen MR) is 117 cm³/mol. The first kappa shape index (κ1) is 21.5. The first-order valence-corrected chi connectivity index (χ1v) is 10.4. The topological polar surface area (TPSA) is 80.4 Å². The van der Waals surface area contributed by atoms with Gasteiger partial charge < -0.3 is 20.3 Å². The van der Waals surface area contributed by atoms with Crippen molar-refractivity contribution in [2.45, 2.75) is 38.5 Å². The van der Waals surface area contributed by atoms with E-state index in [4.69, 9.17) is 15.5 Å². The van der Waals surface area contributed by atoms with Crippen molar-refractivity contribution < 1.29 is 4.74 Å². The molecule has 0 spiro atoms. The molecule has 0 unspecified atom stereocenters. The SMILES string of the molecule is CN(C)CCCc1ccccc1CC(C)(C)c1nc(N)nc(N2CCOCC2)n1. The highest BCUT2D eigenvalue weighted by atomic mass is 16.5. The number of nitrogens with zero attached hydrogens (tertiary/aromatic N) is 5. The highest BCUT2D eigenvalue weighted by Crippen LogP contribution is 2.28. The first-order chi connectivity index (χ1) is 13.8. The van der Waals surface area contributed by atoms with Crippen molar-refractivity contribution in [3.05, 3.63) is 41.2 Å². The minimum absolute atomic E-state index is 0.254. The second-order valence-electron chi connectivity index (χ2n) is 8.65. The molecule has 1 aliphatic rings. The van der Waals surface area contributed by atoms with Gasteiger partial charge in [-0.2, -0.15) is 15.0 Å². The second kappa shape index (κ2) is 9.50. The van der Waals surface area contributed by atoms with Crippen LogP contribution < -0.4 is 10.6 Å². The van der Waals surface area contributed by atoms with Crippen molar-refractivity contribution in [1.82, 2.24) is 19.9 Å². The molecule has 29 heavy (non-hydrogen) atoms. The molecule has 2 heterocycles. The molecule has 1 aromatic heterocycles. The Balaban J connectivity index is 1.80. The average Bonchev–Trinajstić information content (AvgIpc) is 2.69. The summed E-state index contributed by atoms with van der Waals surface area (Å²) in [6.45, 7) is 8.37. The smallest absolute Gasteiger partial charge is 0.230 e. The molecule has 158 valence electrons. The molecule has 1 fully saturated rings. The number of morpholine rings is 1. The number of anilines is 2. The van der Waals surface area contributed by atoms with Crippen LogP contribution in [-0.4, -0.2) is 66.8 Å². The summed E-state index contributed by atoms with van der Waals surface area (Å²) in [5.41, 5.74) is 8.55. The summed E-state index contributed by atoms with van der Waals surface area (Å²) < 4.78 is 5.44. The molecule has 2 aromatic rings. The Kier molecular flexibility index (Phi) is 7.03. The largest absolute Gasteiger partial charge is 0.378 e. The van der Waals surface area contributed by atoms with Crippen molar-refractivity contribution in [3.8, 4) is 0 Å². The number of hydrogen-bond acceptors (Lipinski definition) is 7. The monoisotopic (exact) mass is 398 g/mol. The predicted octanol–water partition coefficient (Wildman–Crippen LogP) is 2.30. The van der Waals surface area contributed by atoms with Gasteiger partial charge in [-0.25, -0.2) is 0 Å². The van der Waals surface area contributed by atoms with Gasteiger partial charge in [-0.3, -0.25) is 0 Å². The van der Waals surface area contributed by atoms with Gasteiger partial charge in [-0.05, 0) is 51.0 Å². The summed E-state index contributed by atoms with van der Waals surface area (Å²) >= 11 is 0. The third kappa shape index (κ3) is 5.87. The molecule has 2 N–H and O–H groups in total. The van der Waals surface area contributed by atoms with Crippen LogP contribution in [0.25, 0.3) is 0 Å². The van der Waals surface area contributed by atoms with Gasteiger partial charge in [0.2, 0.25) is 11.9 Å². The lowest BCUT2D eigenvalue weighted by Crippen LogP contribution is -2.38. The van der Waals surface area contributed by atoms with E-state index in [1.807, 2.05) is 0 Å². The quantitative estimate of drug-likeness (QED) is 0.731. The lowest BCUT2D eigenvalue weighted by atomic mass is 9.82. The lowest BCUT2D eigenvalue weighted by molar-refractivity contribution is 0.122. The van der Waals surface area contributed by atoms with E-state index in [-0.39, 0.29) is 11.4 Å². The third-order valence-corrected chi connectivity index (χ3v) is 5.34. The standard InChI is InChI=1S/C22H34N6O/c1-22(2,16-18-9-6-5-8-17(18)10-7-11-27(3)4)19-24-20(23)26-21(25-19)28-12-14-29-15-13-28/h5-6,8-9H,7,10-16H2,1-4H3,(H2,23,24,25,26). The Bertz CT molecular complexity index is 802. The summed E-state index contributed by atoms with van der Waals surface area (Å²) in [5.74, 6) is 1.68. The van der Waals surface area contributed by atoms with E-state index >= 15 is 0 Å². The molecule has 1 saturated heterocycles. The molecule has 0 amide bonds. The maximum absolute atomic E-state index is 6.06. The molecule has 7 heteroatoms. The number of aryl methyl sites for hydroxylation is 1. The van der Waals surface area contributed by atoms with Crippen LogP contribution in [0.15, 0.2) is 24.3 Å². The van der Waals surface area contributed by atoms with Gasteiger partial charge in [0.15, 0.2) is 0 Å². The Labute approximate surface area is 174 Å². The van der Waals surface area contributed by atoms with E-state index in [2.05, 4.69) is 72.0 Å². The first-order valence-electron chi connectivity index (χ1n) is 10.4. The maximum atomic E-state index is 6.06. The van der Waals surface area contributed by atoms with Gasteiger partial charge >= 0.3 is 0 Å². The summed E-state index contributed by atoms with van der Waals surface area (Å²) in [7, 11) is 4.23. The molecule has 3 rings (SSSR count). The van der Waals surface area contributed by atoms with Gasteiger partial charge in [0.25, 0.3) is 0 Å². The van der Waals surface area contributed by atoms with E-state index in [1.54, 1.807) is 0 Å². The number of ether oxygens (including phenoxy) is 1. The van der Waals surface area contributed by atoms with Gasteiger partial charge in [0, 0.05) is 18.5 Å². The minimum Gasteiger partial charge on any atom is -0.378 e. The summed E-state index contributed by atoms with van der Waals surface area (Å²) in [5, 5.41) is 0. The van der Waals surface area contributed by atoms with Crippen molar-refractivity contribution in [2.75, 3.05) is 57.6 Å². The molecular weight excluding hydrogens is 364 g/mol. The highest BCUT2D eigenvalue weighted by molar-refractivity contribution is 5.37. The second-order valence-corrected chi connectivity index (χ2v) is 8.65. The summed E-state index contributed by atoms with van der Waals surface area (Å²) in [4.78, 5) is 18.0. The number of hydrogen-bond donors (Lipinski definition) is 1. The number of nitrogen functional groups attached to an aromatic ring is 1. The Morgan fingerprint density at radius 2 is 1.76 bits per heavy atom. The fraction of sp³-hybridized carbons (Fsp3) is 0.591. The molecular formula is C22H34N6O. The maximum Gasteiger partial charge on any atom is 0.230 e. The van der Waals surface area contributed by atoms with Crippen LogP contribution in [0.1, 0.15) is 37.2 Å². The van der Waals surface area contributed by atoms with E-state index in [0.717, 1.165) is 44.7 Å². The molecule has 0 aliphatic carbocycles. The number of benzene rings is 1. The van der Waals surface area contributed by atoms with Crippen LogP contribution >= 0.6 is 0 Å². The molecule has 0 saturated carbocycles. The van der Waals surface area contributed by atoms with Gasteiger partial charge in [0.1, 0.15) is 5.82 Å². The zero-order valence-electron chi connectivity index (χ0n) is 18.2. The minimum atomic E-state index is -0.254. The molecule has 0 bridgehead atoms. The van der Waals surface area contributed by atoms with E-state index in [0.29, 0.717) is 19.2 Å². The van der Waals surface area contributed by atoms with E-state index in [1.165, 1.54) is 11.1 Å². The van der Waals surface area contributed by atoms with E-state index < -0.39 is 0 Å².